The molecule has 1 aliphatic rings. The number of benzene rings is 1. The number of anilines is 2. The number of aromatic nitrogens is 3. The molecule has 0 amide bonds. The molecule has 0 unspecified atom stereocenters. The van der Waals surface area contributed by atoms with Gasteiger partial charge in [-0.15, -0.1) is 5.10 Å². The van der Waals surface area contributed by atoms with Crippen LogP contribution in [0, 0.1) is 6.92 Å². The van der Waals surface area contributed by atoms with Gasteiger partial charge in [-0.05, 0) is 31.2 Å². The molecule has 0 saturated heterocycles. The Morgan fingerprint density at radius 2 is 1.87 bits per heavy atom. The molecule has 1 aromatic carbocycles. The number of hydrogen-bond donors (Lipinski definition) is 1. The molecule has 0 spiro atoms. The highest BCUT2D eigenvalue weighted by Crippen LogP contribution is 2.33. The highest BCUT2D eigenvalue weighted by Gasteiger charge is 2.14. The lowest BCUT2D eigenvalue weighted by molar-refractivity contribution is 0.171. The summed E-state index contributed by atoms with van der Waals surface area (Å²) in [5.74, 6) is 1.80. The standard InChI is InChI=1S/C16H14N4O3/c1-10-3-2-4-12(17-10)15-19-20-16(23-15)18-11-5-6-13-14(9-11)22-8-7-21-13/h2-6,9H,7-8H2,1H3,(H,18,20). The van der Waals surface area contributed by atoms with Crippen LogP contribution in [0.5, 0.6) is 11.5 Å². The van der Waals surface area contributed by atoms with E-state index in [-0.39, 0.29) is 0 Å². The second-order valence-electron chi connectivity index (χ2n) is 5.06. The molecule has 0 radical (unpaired) electrons. The van der Waals surface area contributed by atoms with Gasteiger partial charge < -0.3 is 19.2 Å². The molecular formula is C16H14N4O3. The topological polar surface area (TPSA) is 82.3 Å². The van der Waals surface area contributed by atoms with Crippen LogP contribution in [0.4, 0.5) is 11.7 Å². The van der Waals surface area contributed by atoms with E-state index in [0.29, 0.717) is 36.6 Å². The highest BCUT2D eigenvalue weighted by atomic mass is 16.6. The molecule has 7 nitrogen and oxygen atoms in total. The van der Waals surface area contributed by atoms with Crippen molar-refractivity contribution in [3.8, 4) is 23.1 Å². The third kappa shape index (κ3) is 2.80. The van der Waals surface area contributed by atoms with Crippen LogP contribution in [-0.2, 0) is 0 Å². The van der Waals surface area contributed by atoms with Crippen LogP contribution in [0.15, 0.2) is 40.8 Å². The van der Waals surface area contributed by atoms with Crippen LogP contribution < -0.4 is 14.8 Å². The summed E-state index contributed by atoms with van der Waals surface area (Å²) in [5, 5.41) is 11.1. The number of nitrogens with one attached hydrogen (secondary N) is 1. The number of ether oxygens (including phenoxy) is 2. The molecule has 0 aliphatic carbocycles. The zero-order valence-corrected chi connectivity index (χ0v) is 12.4. The van der Waals surface area contributed by atoms with E-state index >= 15 is 0 Å². The van der Waals surface area contributed by atoms with Crippen molar-refractivity contribution in [3.63, 3.8) is 0 Å². The molecule has 0 saturated carbocycles. The van der Waals surface area contributed by atoms with Crippen molar-refractivity contribution in [2.45, 2.75) is 6.92 Å². The summed E-state index contributed by atoms with van der Waals surface area (Å²) in [4.78, 5) is 4.36. The maximum absolute atomic E-state index is 5.60. The Kier molecular flexibility index (Phi) is 3.30. The molecule has 116 valence electrons. The van der Waals surface area contributed by atoms with Gasteiger partial charge in [0.05, 0.1) is 0 Å². The third-order valence-corrected chi connectivity index (χ3v) is 3.33. The van der Waals surface area contributed by atoms with E-state index in [1.807, 2.05) is 43.3 Å². The van der Waals surface area contributed by atoms with E-state index in [1.54, 1.807) is 0 Å². The van der Waals surface area contributed by atoms with Gasteiger partial charge in [0.25, 0.3) is 5.89 Å². The summed E-state index contributed by atoms with van der Waals surface area (Å²) in [7, 11) is 0. The van der Waals surface area contributed by atoms with Crippen LogP contribution in [0.3, 0.4) is 0 Å². The first-order chi connectivity index (χ1) is 11.3. The molecule has 2 aromatic heterocycles. The fraction of sp³-hybridized carbons (Fsp3) is 0.188. The molecular weight excluding hydrogens is 296 g/mol. The molecule has 23 heavy (non-hydrogen) atoms. The van der Waals surface area contributed by atoms with Gasteiger partial charge in [-0.1, -0.05) is 11.2 Å². The fourth-order valence-electron chi connectivity index (χ4n) is 2.28. The SMILES string of the molecule is Cc1cccc(-c2nnc(Nc3ccc4c(c3)OCCO4)o2)n1. The third-order valence-electron chi connectivity index (χ3n) is 3.33. The van der Waals surface area contributed by atoms with E-state index in [0.717, 1.165) is 17.1 Å². The Bertz CT molecular complexity index is 847. The summed E-state index contributed by atoms with van der Waals surface area (Å²) < 4.78 is 16.6. The summed E-state index contributed by atoms with van der Waals surface area (Å²) in [5.41, 5.74) is 2.32. The van der Waals surface area contributed by atoms with Gasteiger partial charge in [-0.2, -0.15) is 0 Å². The molecule has 0 fully saturated rings. The van der Waals surface area contributed by atoms with Crippen molar-refractivity contribution in [1.29, 1.82) is 0 Å². The minimum atomic E-state index is 0.292. The molecule has 0 atom stereocenters. The summed E-state index contributed by atoms with van der Waals surface area (Å²) in [6.07, 6.45) is 0. The number of fused-ring (bicyclic) bond motifs is 1. The van der Waals surface area contributed by atoms with Crippen LogP contribution >= 0.6 is 0 Å². The highest BCUT2D eigenvalue weighted by molar-refractivity contribution is 5.60. The summed E-state index contributed by atoms with van der Waals surface area (Å²) in [6.45, 7) is 3.02. The number of hydrogen-bond acceptors (Lipinski definition) is 7. The van der Waals surface area contributed by atoms with Crippen molar-refractivity contribution in [2.24, 2.45) is 0 Å². The molecule has 7 heteroatoms. The van der Waals surface area contributed by atoms with E-state index in [9.17, 15) is 0 Å². The second-order valence-corrected chi connectivity index (χ2v) is 5.06. The van der Waals surface area contributed by atoms with Gasteiger partial charge in [0.2, 0.25) is 0 Å². The van der Waals surface area contributed by atoms with Crippen molar-refractivity contribution in [3.05, 3.63) is 42.1 Å². The van der Waals surface area contributed by atoms with Crippen molar-refractivity contribution < 1.29 is 13.9 Å². The largest absolute Gasteiger partial charge is 0.486 e. The van der Waals surface area contributed by atoms with Crippen LogP contribution in [0.2, 0.25) is 0 Å². The Balaban J connectivity index is 1.56. The Morgan fingerprint density at radius 3 is 2.74 bits per heavy atom. The molecule has 0 bridgehead atoms. The van der Waals surface area contributed by atoms with Crippen molar-refractivity contribution in [1.82, 2.24) is 15.2 Å². The average Bonchev–Trinajstić information content (AvgIpc) is 3.03. The smallest absolute Gasteiger partial charge is 0.320 e. The minimum Gasteiger partial charge on any atom is -0.486 e. The maximum atomic E-state index is 5.60. The molecule has 3 heterocycles. The minimum absolute atomic E-state index is 0.292. The quantitative estimate of drug-likeness (QED) is 0.796. The lowest BCUT2D eigenvalue weighted by atomic mass is 10.2. The van der Waals surface area contributed by atoms with E-state index in [1.165, 1.54) is 0 Å². The fourth-order valence-corrected chi connectivity index (χ4v) is 2.28. The number of nitrogens with zero attached hydrogens (tertiary/aromatic N) is 3. The van der Waals surface area contributed by atoms with Gasteiger partial charge in [0, 0.05) is 17.4 Å². The van der Waals surface area contributed by atoms with E-state index in [2.05, 4.69) is 20.5 Å². The maximum Gasteiger partial charge on any atom is 0.320 e. The first-order valence-electron chi connectivity index (χ1n) is 7.22. The van der Waals surface area contributed by atoms with Gasteiger partial charge >= 0.3 is 6.01 Å². The van der Waals surface area contributed by atoms with Crippen LogP contribution in [-0.4, -0.2) is 28.4 Å². The lowest BCUT2D eigenvalue weighted by Crippen LogP contribution is -2.15. The van der Waals surface area contributed by atoms with Crippen molar-refractivity contribution in [2.75, 3.05) is 18.5 Å². The number of aryl methyl sites for hydroxylation is 1. The summed E-state index contributed by atoms with van der Waals surface area (Å²) in [6, 6.07) is 11.5. The zero-order chi connectivity index (χ0) is 15.6. The van der Waals surface area contributed by atoms with Gasteiger partial charge in [0.15, 0.2) is 11.5 Å². The first kappa shape index (κ1) is 13.6. The first-order valence-corrected chi connectivity index (χ1v) is 7.22. The molecule has 1 aliphatic heterocycles. The Morgan fingerprint density at radius 1 is 1.00 bits per heavy atom. The van der Waals surface area contributed by atoms with Gasteiger partial charge in [0.1, 0.15) is 18.9 Å². The Labute approximate surface area is 132 Å². The number of rotatable bonds is 3. The van der Waals surface area contributed by atoms with Crippen LogP contribution in [0.1, 0.15) is 5.69 Å². The predicted octanol–water partition coefficient (Wildman–Crippen LogP) is 2.95. The summed E-state index contributed by atoms with van der Waals surface area (Å²) >= 11 is 0. The Hall–Kier alpha value is -3.09. The zero-order valence-electron chi connectivity index (χ0n) is 12.4. The number of pyridine rings is 1. The molecule has 1 N–H and O–H groups in total. The van der Waals surface area contributed by atoms with Gasteiger partial charge in [-0.25, -0.2) is 4.98 Å². The second kappa shape index (κ2) is 5.60. The molecule has 4 rings (SSSR count). The molecule has 3 aromatic rings. The lowest BCUT2D eigenvalue weighted by Gasteiger charge is -2.18. The van der Waals surface area contributed by atoms with Gasteiger partial charge in [-0.3, -0.25) is 0 Å². The van der Waals surface area contributed by atoms with Crippen molar-refractivity contribution >= 4 is 11.7 Å². The normalized spacial score (nSPS) is 12.9. The van der Waals surface area contributed by atoms with E-state index in [4.69, 9.17) is 13.9 Å². The predicted molar refractivity (Wildman–Crippen MR) is 83.0 cm³/mol. The average molecular weight is 310 g/mol. The van der Waals surface area contributed by atoms with Crippen LogP contribution in [0.25, 0.3) is 11.6 Å². The monoisotopic (exact) mass is 310 g/mol. The van der Waals surface area contributed by atoms with E-state index < -0.39 is 0 Å².